The maximum atomic E-state index is 9.83. The van der Waals surface area contributed by atoms with Gasteiger partial charge in [0.25, 0.3) is 0 Å². The zero-order chi connectivity index (χ0) is 13.2. The molecule has 0 unspecified atom stereocenters. The van der Waals surface area contributed by atoms with Crippen LogP contribution in [0.4, 0.5) is 0 Å². The molecule has 2 heterocycles. The summed E-state index contributed by atoms with van der Waals surface area (Å²) in [6, 6.07) is 5.08. The lowest BCUT2D eigenvalue weighted by atomic mass is 10.2. The highest BCUT2D eigenvalue weighted by atomic mass is 79.9. The summed E-state index contributed by atoms with van der Waals surface area (Å²) in [6.07, 6.45) is 4.75. The van der Waals surface area contributed by atoms with Gasteiger partial charge in [-0.3, -0.25) is 10.1 Å². The molecule has 0 fully saturated rings. The minimum atomic E-state index is 0.118. The van der Waals surface area contributed by atoms with E-state index in [1.54, 1.807) is 36.8 Å². The highest BCUT2D eigenvalue weighted by Crippen LogP contribution is 2.30. The zero-order valence-corrected chi connectivity index (χ0v) is 11.2. The van der Waals surface area contributed by atoms with Crippen molar-refractivity contribution in [2.45, 2.75) is 0 Å². The van der Waals surface area contributed by atoms with Crippen LogP contribution in [0.1, 0.15) is 0 Å². The molecule has 0 saturated heterocycles. The molecule has 0 aliphatic carbocycles. The van der Waals surface area contributed by atoms with Crippen LogP contribution >= 0.6 is 15.9 Å². The van der Waals surface area contributed by atoms with Gasteiger partial charge in [-0.25, -0.2) is 9.97 Å². The van der Waals surface area contributed by atoms with Gasteiger partial charge in [0.1, 0.15) is 11.4 Å². The van der Waals surface area contributed by atoms with Crippen molar-refractivity contribution in [3.63, 3.8) is 0 Å². The number of aromatic nitrogens is 5. The number of halogens is 1. The number of aromatic hydroxyl groups is 1. The molecule has 19 heavy (non-hydrogen) atoms. The second-order valence-electron chi connectivity index (χ2n) is 3.76. The number of rotatable bonds is 2. The van der Waals surface area contributed by atoms with Crippen LogP contribution in [0.25, 0.3) is 22.9 Å². The number of nitrogens with zero attached hydrogens (tertiary/aromatic N) is 4. The Balaban J connectivity index is 2.04. The number of phenolic OH excluding ortho intramolecular Hbond substituents is 1. The molecule has 3 aromatic rings. The Kier molecular flexibility index (Phi) is 2.96. The van der Waals surface area contributed by atoms with E-state index < -0.39 is 0 Å². The molecule has 0 atom stereocenters. The van der Waals surface area contributed by atoms with Crippen molar-refractivity contribution in [1.82, 2.24) is 25.1 Å². The van der Waals surface area contributed by atoms with Crippen molar-refractivity contribution in [2.75, 3.05) is 0 Å². The second kappa shape index (κ2) is 4.77. The van der Waals surface area contributed by atoms with Crippen molar-refractivity contribution in [1.29, 1.82) is 0 Å². The fourth-order valence-corrected chi connectivity index (χ4v) is 1.97. The van der Waals surface area contributed by atoms with E-state index in [2.05, 4.69) is 41.1 Å². The predicted molar refractivity (Wildman–Crippen MR) is 72.2 cm³/mol. The molecule has 7 heteroatoms. The lowest BCUT2D eigenvalue weighted by Crippen LogP contribution is -1.86. The van der Waals surface area contributed by atoms with E-state index >= 15 is 0 Å². The van der Waals surface area contributed by atoms with Crippen LogP contribution in [0, 0.1) is 0 Å². The van der Waals surface area contributed by atoms with Crippen LogP contribution in [-0.2, 0) is 0 Å². The number of nitrogens with one attached hydrogen (secondary N) is 1. The number of phenols is 1. The fraction of sp³-hybridized carbons (Fsp3) is 0. The van der Waals surface area contributed by atoms with Gasteiger partial charge in [0, 0.05) is 16.9 Å². The quantitative estimate of drug-likeness (QED) is 0.757. The third-order valence-electron chi connectivity index (χ3n) is 2.49. The molecule has 0 aliphatic rings. The van der Waals surface area contributed by atoms with E-state index in [1.807, 2.05) is 0 Å². The van der Waals surface area contributed by atoms with Crippen LogP contribution in [-0.4, -0.2) is 30.3 Å². The maximum Gasteiger partial charge on any atom is 0.185 e. The predicted octanol–water partition coefficient (Wildman–Crippen LogP) is 2.40. The molecular formula is C12H8BrN5O. The minimum Gasteiger partial charge on any atom is -0.507 e. The first kappa shape index (κ1) is 11.8. The first-order valence-corrected chi connectivity index (χ1v) is 6.21. The molecule has 2 aromatic heterocycles. The lowest BCUT2D eigenvalue weighted by molar-refractivity contribution is 0.477. The van der Waals surface area contributed by atoms with Crippen LogP contribution in [0.3, 0.4) is 0 Å². The molecule has 6 nitrogen and oxygen atoms in total. The topological polar surface area (TPSA) is 87.6 Å². The molecule has 94 valence electrons. The number of benzene rings is 1. The van der Waals surface area contributed by atoms with Crippen LogP contribution < -0.4 is 0 Å². The first-order chi connectivity index (χ1) is 9.24. The van der Waals surface area contributed by atoms with E-state index in [1.165, 1.54) is 0 Å². The van der Waals surface area contributed by atoms with E-state index in [9.17, 15) is 5.11 Å². The number of hydrogen-bond donors (Lipinski definition) is 2. The average molecular weight is 318 g/mol. The van der Waals surface area contributed by atoms with Crippen LogP contribution in [0.15, 0.2) is 41.3 Å². The van der Waals surface area contributed by atoms with Gasteiger partial charge in [-0.1, -0.05) is 15.9 Å². The third kappa shape index (κ3) is 2.32. The second-order valence-corrected chi connectivity index (χ2v) is 4.68. The first-order valence-electron chi connectivity index (χ1n) is 5.42. The van der Waals surface area contributed by atoms with Crippen molar-refractivity contribution < 1.29 is 5.11 Å². The Labute approximate surface area is 116 Å². The summed E-state index contributed by atoms with van der Waals surface area (Å²) in [7, 11) is 0. The molecular weight excluding hydrogens is 310 g/mol. The molecule has 0 saturated carbocycles. The van der Waals surface area contributed by atoms with E-state index in [4.69, 9.17) is 0 Å². The molecule has 2 N–H and O–H groups in total. The van der Waals surface area contributed by atoms with Gasteiger partial charge < -0.3 is 5.11 Å². The van der Waals surface area contributed by atoms with Gasteiger partial charge in [0.05, 0.1) is 11.8 Å². The Morgan fingerprint density at radius 1 is 1.21 bits per heavy atom. The Bertz CT molecular complexity index is 713. The van der Waals surface area contributed by atoms with Crippen molar-refractivity contribution in [3.8, 4) is 28.7 Å². The van der Waals surface area contributed by atoms with Gasteiger partial charge in [-0.2, -0.15) is 5.10 Å². The average Bonchev–Trinajstić information content (AvgIpc) is 2.92. The van der Waals surface area contributed by atoms with Crippen molar-refractivity contribution in [3.05, 3.63) is 41.3 Å². The van der Waals surface area contributed by atoms with Crippen LogP contribution in [0.2, 0.25) is 0 Å². The van der Waals surface area contributed by atoms with E-state index in [-0.39, 0.29) is 5.75 Å². The Hall–Kier alpha value is -2.28. The summed E-state index contributed by atoms with van der Waals surface area (Å²) < 4.78 is 0.839. The van der Waals surface area contributed by atoms with Gasteiger partial charge in [0.15, 0.2) is 11.6 Å². The number of aromatic amines is 1. The van der Waals surface area contributed by atoms with Gasteiger partial charge in [-0.05, 0) is 18.2 Å². The zero-order valence-electron chi connectivity index (χ0n) is 9.58. The monoisotopic (exact) mass is 317 g/mol. The highest BCUT2D eigenvalue weighted by molar-refractivity contribution is 9.10. The number of H-pyrrole nitrogens is 1. The minimum absolute atomic E-state index is 0.118. The summed E-state index contributed by atoms with van der Waals surface area (Å²) >= 11 is 3.35. The van der Waals surface area contributed by atoms with E-state index in [0.29, 0.717) is 22.9 Å². The molecule has 3 rings (SSSR count). The molecule has 0 radical (unpaired) electrons. The summed E-state index contributed by atoms with van der Waals surface area (Å²) in [5, 5.41) is 16.7. The molecule has 0 bridgehead atoms. The van der Waals surface area contributed by atoms with Gasteiger partial charge >= 0.3 is 0 Å². The smallest absolute Gasteiger partial charge is 0.185 e. The maximum absolute atomic E-state index is 9.83. The number of hydrogen-bond acceptors (Lipinski definition) is 5. The summed E-state index contributed by atoms with van der Waals surface area (Å²) in [4.78, 5) is 12.4. The highest BCUT2D eigenvalue weighted by Gasteiger charge is 2.12. The largest absolute Gasteiger partial charge is 0.507 e. The summed E-state index contributed by atoms with van der Waals surface area (Å²) in [5.74, 6) is 1.02. The van der Waals surface area contributed by atoms with E-state index in [0.717, 1.165) is 4.47 Å². The third-order valence-corrected chi connectivity index (χ3v) is 2.98. The molecule has 0 spiro atoms. The SMILES string of the molecule is Oc1ccc(Br)cc1-c1n[nH]c(-c2cnccn2)n1. The molecule has 1 aromatic carbocycles. The summed E-state index contributed by atoms with van der Waals surface area (Å²) in [6.45, 7) is 0. The van der Waals surface area contributed by atoms with Gasteiger partial charge in [0.2, 0.25) is 0 Å². The summed E-state index contributed by atoms with van der Waals surface area (Å²) in [5.41, 5.74) is 1.14. The Morgan fingerprint density at radius 3 is 2.89 bits per heavy atom. The van der Waals surface area contributed by atoms with Crippen molar-refractivity contribution >= 4 is 15.9 Å². The lowest BCUT2D eigenvalue weighted by Gasteiger charge is -2.00. The Morgan fingerprint density at radius 2 is 2.11 bits per heavy atom. The standard InChI is InChI=1S/C12H8BrN5O/c13-7-1-2-10(19)8(5-7)11-16-12(18-17-11)9-6-14-3-4-15-9/h1-6,19H,(H,16,17,18). The fourth-order valence-electron chi connectivity index (χ4n) is 1.61. The van der Waals surface area contributed by atoms with Gasteiger partial charge in [-0.15, -0.1) is 0 Å². The normalized spacial score (nSPS) is 10.6. The molecule has 0 aliphatic heterocycles. The van der Waals surface area contributed by atoms with Crippen molar-refractivity contribution in [2.24, 2.45) is 0 Å². The van der Waals surface area contributed by atoms with Crippen LogP contribution in [0.5, 0.6) is 5.75 Å². The molecule has 0 amide bonds.